The molecule has 0 aromatic rings. The minimum Gasteiger partial charge on any atom is -0.367 e. The highest BCUT2D eigenvalue weighted by atomic mass is 79.9. The van der Waals surface area contributed by atoms with Crippen LogP contribution in [0.1, 0.15) is 13.8 Å². The molecule has 92 valence electrons. The van der Waals surface area contributed by atoms with Crippen molar-refractivity contribution in [2.24, 2.45) is 11.8 Å². The van der Waals surface area contributed by atoms with Gasteiger partial charge in [-0.15, -0.1) is 0 Å². The molecule has 2 unspecified atom stereocenters. The van der Waals surface area contributed by atoms with E-state index in [0.29, 0.717) is 4.48 Å². The summed E-state index contributed by atoms with van der Waals surface area (Å²) in [5.41, 5.74) is 0. The van der Waals surface area contributed by atoms with Gasteiger partial charge in [-0.2, -0.15) is 0 Å². The number of rotatable bonds is 4. The molecular formula is C11H14BrF3O. The molecule has 0 N–H and O–H groups in total. The number of hydrogen-bond donors (Lipinski definition) is 0. The molecule has 0 saturated carbocycles. The molecule has 0 amide bonds. The lowest BCUT2D eigenvalue weighted by molar-refractivity contribution is -0.0278. The maximum atomic E-state index is 13.1. The van der Waals surface area contributed by atoms with E-state index < -0.39 is 25.0 Å². The third-order valence-electron chi connectivity index (χ3n) is 2.40. The van der Waals surface area contributed by atoms with Crippen molar-refractivity contribution in [1.82, 2.24) is 0 Å². The number of ether oxygens (including phenoxy) is 1. The Kier molecular flexibility index (Phi) is 5.05. The highest BCUT2D eigenvalue weighted by molar-refractivity contribution is 9.11. The highest BCUT2D eigenvalue weighted by Gasteiger charge is 2.30. The summed E-state index contributed by atoms with van der Waals surface area (Å²) >= 11 is 3.26. The average molecular weight is 299 g/mol. The van der Waals surface area contributed by atoms with Gasteiger partial charge in [0, 0.05) is 10.4 Å². The quantitative estimate of drug-likeness (QED) is 0.761. The number of alkyl halides is 2. The van der Waals surface area contributed by atoms with Crippen molar-refractivity contribution in [2.75, 3.05) is 6.61 Å². The van der Waals surface area contributed by atoms with E-state index in [1.807, 2.05) is 13.8 Å². The smallest absolute Gasteiger partial charge is 0.261 e. The summed E-state index contributed by atoms with van der Waals surface area (Å²) in [6.07, 6.45) is -0.563. The lowest BCUT2D eigenvalue weighted by Crippen LogP contribution is -2.30. The summed E-state index contributed by atoms with van der Waals surface area (Å²) in [5.74, 6) is -0.390. The van der Waals surface area contributed by atoms with Crippen LogP contribution in [0.5, 0.6) is 0 Å². The molecule has 0 aromatic carbocycles. The van der Waals surface area contributed by atoms with Crippen molar-refractivity contribution in [3.63, 3.8) is 0 Å². The molecule has 16 heavy (non-hydrogen) atoms. The summed E-state index contributed by atoms with van der Waals surface area (Å²) in [5, 5.41) is 0. The van der Waals surface area contributed by atoms with Crippen LogP contribution >= 0.6 is 15.9 Å². The van der Waals surface area contributed by atoms with Crippen LogP contribution in [-0.4, -0.2) is 19.1 Å². The first kappa shape index (κ1) is 13.8. The van der Waals surface area contributed by atoms with E-state index in [0.717, 1.165) is 0 Å². The van der Waals surface area contributed by atoms with Crippen LogP contribution in [0.4, 0.5) is 13.2 Å². The Hall–Kier alpha value is -0.290. The third kappa shape index (κ3) is 3.63. The molecule has 0 heterocycles. The number of hydrogen-bond acceptors (Lipinski definition) is 1. The molecular weight excluding hydrogens is 285 g/mol. The molecule has 1 aliphatic rings. The Balaban J connectivity index is 2.75. The van der Waals surface area contributed by atoms with Crippen LogP contribution in [0, 0.1) is 11.8 Å². The zero-order chi connectivity index (χ0) is 12.3. The summed E-state index contributed by atoms with van der Waals surface area (Å²) in [7, 11) is 0. The van der Waals surface area contributed by atoms with Gasteiger partial charge in [0.15, 0.2) is 0 Å². The second kappa shape index (κ2) is 5.87. The fraction of sp³-hybridized carbons (Fsp3) is 0.636. The van der Waals surface area contributed by atoms with Gasteiger partial charge in [0.05, 0.1) is 6.10 Å². The molecule has 0 radical (unpaired) electrons. The lowest BCUT2D eigenvalue weighted by atomic mass is 9.87. The molecule has 0 bridgehead atoms. The van der Waals surface area contributed by atoms with Gasteiger partial charge < -0.3 is 4.74 Å². The largest absolute Gasteiger partial charge is 0.367 e. The first-order valence-corrected chi connectivity index (χ1v) is 5.85. The van der Waals surface area contributed by atoms with Crippen LogP contribution in [0.15, 0.2) is 22.5 Å². The van der Waals surface area contributed by atoms with Crippen molar-refractivity contribution in [1.29, 1.82) is 0 Å². The van der Waals surface area contributed by atoms with Gasteiger partial charge in [-0.05, 0) is 18.1 Å². The van der Waals surface area contributed by atoms with Crippen LogP contribution in [0.3, 0.4) is 0 Å². The Morgan fingerprint density at radius 2 is 2.06 bits per heavy atom. The summed E-state index contributed by atoms with van der Waals surface area (Å²) in [6.45, 7) is 3.21. The van der Waals surface area contributed by atoms with Crippen molar-refractivity contribution in [2.45, 2.75) is 26.4 Å². The fourth-order valence-corrected chi connectivity index (χ4v) is 2.73. The van der Waals surface area contributed by atoms with Crippen LogP contribution in [0.25, 0.3) is 0 Å². The SMILES string of the molecule is CC(C)C1C(Br)=CC(F)=CC1OCC(F)F. The van der Waals surface area contributed by atoms with Gasteiger partial charge >= 0.3 is 0 Å². The topological polar surface area (TPSA) is 9.23 Å². The maximum absolute atomic E-state index is 13.1. The molecule has 0 fully saturated rings. The zero-order valence-electron chi connectivity index (χ0n) is 9.09. The fourth-order valence-electron chi connectivity index (χ4n) is 1.73. The van der Waals surface area contributed by atoms with Gasteiger partial charge in [-0.25, -0.2) is 13.2 Å². The second-order valence-corrected chi connectivity index (χ2v) is 4.96. The molecule has 5 heteroatoms. The van der Waals surface area contributed by atoms with Crippen LogP contribution in [-0.2, 0) is 4.74 Å². The average Bonchev–Trinajstić information content (AvgIpc) is 2.12. The molecule has 1 nitrogen and oxygen atoms in total. The standard InChI is InChI=1S/C11H14BrF3O/c1-6(2)11-8(12)3-7(13)4-9(11)16-5-10(14)15/h3-4,6,9-11H,5H2,1-2H3. The van der Waals surface area contributed by atoms with E-state index in [-0.39, 0.29) is 11.8 Å². The van der Waals surface area contributed by atoms with E-state index in [1.54, 1.807) is 0 Å². The molecule has 0 spiro atoms. The maximum Gasteiger partial charge on any atom is 0.261 e. The van der Waals surface area contributed by atoms with E-state index in [2.05, 4.69) is 15.9 Å². The first-order valence-electron chi connectivity index (χ1n) is 5.06. The van der Waals surface area contributed by atoms with Crippen molar-refractivity contribution in [3.05, 3.63) is 22.5 Å². The molecule has 0 saturated heterocycles. The van der Waals surface area contributed by atoms with Crippen molar-refractivity contribution in [3.8, 4) is 0 Å². The summed E-state index contributed by atoms with van der Waals surface area (Å²) in [4.78, 5) is 0. The van der Waals surface area contributed by atoms with Gasteiger partial charge in [0.1, 0.15) is 12.4 Å². The van der Waals surface area contributed by atoms with Crippen LogP contribution < -0.4 is 0 Å². The van der Waals surface area contributed by atoms with Gasteiger partial charge in [0.25, 0.3) is 6.43 Å². The predicted molar refractivity (Wildman–Crippen MR) is 60.3 cm³/mol. The van der Waals surface area contributed by atoms with Crippen molar-refractivity contribution >= 4 is 15.9 Å². The summed E-state index contributed by atoms with van der Waals surface area (Å²) < 4.78 is 42.9. The lowest BCUT2D eigenvalue weighted by Gasteiger charge is -2.30. The van der Waals surface area contributed by atoms with Gasteiger partial charge in [0.2, 0.25) is 0 Å². The monoisotopic (exact) mass is 298 g/mol. The van der Waals surface area contributed by atoms with E-state index in [9.17, 15) is 13.2 Å². The Labute approximate surface area is 101 Å². The summed E-state index contributed by atoms with van der Waals surface area (Å²) in [6, 6.07) is 0. The predicted octanol–water partition coefficient (Wildman–Crippen LogP) is 4.05. The third-order valence-corrected chi connectivity index (χ3v) is 3.16. The molecule has 1 aliphatic carbocycles. The number of allylic oxidation sites excluding steroid dienone is 2. The van der Waals surface area contributed by atoms with Crippen LogP contribution in [0.2, 0.25) is 0 Å². The minimum atomic E-state index is -2.53. The Morgan fingerprint density at radius 1 is 1.44 bits per heavy atom. The highest BCUT2D eigenvalue weighted by Crippen LogP contribution is 2.36. The second-order valence-electron chi connectivity index (χ2n) is 4.04. The zero-order valence-corrected chi connectivity index (χ0v) is 10.7. The Morgan fingerprint density at radius 3 is 2.56 bits per heavy atom. The molecule has 0 aliphatic heterocycles. The van der Waals surface area contributed by atoms with E-state index >= 15 is 0 Å². The Bertz CT molecular complexity index is 300. The van der Waals surface area contributed by atoms with Crippen molar-refractivity contribution < 1.29 is 17.9 Å². The minimum absolute atomic E-state index is 0.113. The van der Waals surface area contributed by atoms with E-state index in [4.69, 9.17) is 4.74 Å². The van der Waals surface area contributed by atoms with E-state index in [1.165, 1.54) is 12.2 Å². The van der Waals surface area contributed by atoms with Gasteiger partial charge in [-0.3, -0.25) is 0 Å². The normalized spacial score (nSPS) is 26.0. The first-order chi connectivity index (χ1) is 7.41. The molecule has 2 atom stereocenters. The van der Waals surface area contributed by atoms with Gasteiger partial charge in [-0.1, -0.05) is 29.8 Å². The molecule has 0 aromatic heterocycles. The number of halogens is 4. The molecule has 1 rings (SSSR count).